The SMILES string of the molecule is C#CCN1C(=O)COc2cc(NCc3ccccc3F)ccc21. The van der Waals surface area contributed by atoms with Gasteiger partial charge in [0.15, 0.2) is 6.61 Å². The maximum absolute atomic E-state index is 13.6. The zero-order chi connectivity index (χ0) is 16.2. The molecule has 0 aromatic heterocycles. The van der Waals surface area contributed by atoms with Crippen LogP contribution in [-0.4, -0.2) is 19.1 Å². The summed E-state index contributed by atoms with van der Waals surface area (Å²) in [7, 11) is 0. The van der Waals surface area contributed by atoms with Gasteiger partial charge in [0.25, 0.3) is 5.91 Å². The summed E-state index contributed by atoms with van der Waals surface area (Å²) in [4.78, 5) is 13.3. The molecule has 0 radical (unpaired) electrons. The molecule has 1 N–H and O–H groups in total. The maximum atomic E-state index is 13.6. The summed E-state index contributed by atoms with van der Waals surface area (Å²) < 4.78 is 19.1. The Bertz CT molecular complexity index is 783. The molecule has 23 heavy (non-hydrogen) atoms. The number of hydrogen-bond donors (Lipinski definition) is 1. The number of anilines is 2. The highest BCUT2D eigenvalue weighted by atomic mass is 19.1. The van der Waals surface area contributed by atoms with Crippen LogP contribution in [0.1, 0.15) is 5.56 Å². The van der Waals surface area contributed by atoms with Gasteiger partial charge in [0, 0.05) is 23.9 Å². The minimum atomic E-state index is -0.250. The molecular weight excluding hydrogens is 295 g/mol. The zero-order valence-corrected chi connectivity index (χ0v) is 12.4. The third-order valence-corrected chi connectivity index (χ3v) is 3.59. The molecule has 1 amide bonds. The first-order chi connectivity index (χ1) is 11.2. The molecule has 4 nitrogen and oxygen atoms in total. The van der Waals surface area contributed by atoms with Gasteiger partial charge in [-0.15, -0.1) is 6.42 Å². The highest BCUT2D eigenvalue weighted by molar-refractivity contribution is 5.98. The number of hydrogen-bond acceptors (Lipinski definition) is 3. The van der Waals surface area contributed by atoms with Crippen molar-refractivity contribution >= 4 is 17.3 Å². The van der Waals surface area contributed by atoms with Gasteiger partial charge in [-0.05, 0) is 18.2 Å². The van der Waals surface area contributed by atoms with Crippen molar-refractivity contribution in [2.24, 2.45) is 0 Å². The first-order valence-corrected chi connectivity index (χ1v) is 7.17. The van der Waals surface area contributed by atoms with E-state index in [1.165, 1.54) is 11.0 Å². The number of terminal acetylenes is 1. The molecule has 2 aromatic rings. The van der Waals surface area contributed by atoms with Gasteiger partial charge in [-0.3, -0.25) is 9.69 Å². The monoisotopic (exact) mass is 310 g/mol. The Morgan fingerprint density at radius 2 is 2.13 bits per heavy atom. The largest absolute Gasteiger partial charge is 0.481 e. The van der Waals surface area contributed by atoms with Crippen molar-refractivity contribution in [1.29, 1.82) is 0 Å². The van der Waals surface area contributed by atoms with Gasteiger partial charge >= 0.3 is 0 Å². The molecule has 0 aliphatic carbocycles. The average Bonchev–Trinajstić information content (AvgIpc) is 2.57. The van der Waals surface area contributed by atoms with Crippen LogP contribution in [0.4, 0.5) is 15.8 Å². The molecule has 5 heteroatoms. The summed E-state index contributed by atoms with van der Waals surface area (Å²) in [5, 5.41) is 3.15. The van der Waals surface area contributed by atoms with E-state index in [9.17, 15) is 9.18 Å². The van der Waals surface area contributed by atoms with Crippen LogP contribution in [0.15, 0.2) is 42.5 Å². The van der Waals surface area contributed by atoms with Gasteiger partial charge in [-0.2, -0.15) is 0 Å². The molecule has 1 aliphatic heterocycles. The average molecular weight is 310 g/mol. The first-order valence-electron chi connectivity index (χ1n) is 7.17. The Kier molecular flexibility index (Phi) is 4.15. The Balaban J connectivity index is 1.78. The number of benzene rings is 2. The van der Waals surface area contributed by atoms with Crippen molar-refractivity contribution in [3.63, 3.8) is 0 Å². The van der Waals surface area contributed by atoms with E-state index >= 15 is 0 Å². The number of halogens is 1. The summed E-state index contributed by atoms with van der Waals surface area (Å²) in [6, 6.07) is 12.0. The van der Waals surface area contributed by atoms with Gasteiger partial charge in [0.05, 0.1) is 12.2 Å². The zero-order valence-electron chi connectivity index (χ0n) is 12.4. The second-order valence-electron chi connectivity index (χ2n) is 5.10. The van der Waals surface area contributed by atoms with Crippen LogP contribution in [0.3, 0.4) is 0 Å². The molecule has 1 heterocycles. The van der Waals surface area contributed by atoms with Gasteiger partial charge in [0.2, 0.25) is 0 Å². The second kappa shape index (κ2) is 6.41. The topological polar surface area (TPSA) is 41.6 Å². The standard InChI is InChI=1S/C18H15FN2O2/c1-2-9-21-16-8-7-14(10-17(16)23-12-18(21)22)20-11-13-5-3-4-6-15(13)19/h1,3-8,10,20H,9,11-12H2. The lowest BCUT2D eigenvalue weighted by Gasteiger charge is -2.28. The summed E-state index contributed by atoms with van der Waals surface area (Å²) in [6.45, 7) is 0.529. The van der Waals surface area contributed by atoms with E-state index in [1.807, 2.05) is 6.07 Å². The molecule has 0 bridgehead atoms. The van der Waals surface area contributed by atoms with Crippen LogP contribution >= 0.6 is 0 Å². The number of ether oxygens (including phenoxy) is 1. The fraction of sp³-hybridized carbons (Fsp3) is 0.167. The lowest BCUT2D eigenvalue weighted by atomic mass is 10.2. The van der Waals surface area contributed by atoms with Crippen LogP contribution < -0.4 is 15.0 Å². The molecule has 0 fully saturated rings. The van der Waals surface area contributed by atoms with Gasteiger partial charge in [-0.1, -0.05) is 24.1 Å². The minimum Gasteiger partial charge on any atom is -0.481 e. The summed E-state index contributed by atoms with van der Waals surface area (Å²) in [6.07, 6.45) is 5.30. The van der Waals surface area contributed by atoms with Crippen molar-refractivity contribution in [2.75, 3.05) is 23.4 Å². The van der Waals surface area contributed by atoms with Crippen LogP contribution in [-0.2, 0) is 11.3 Å². The first kappa shape index (κ1) is 14.9. The molecule has 0 saturated carbocycles. The number of rotatable bonds is 4. The van der Waals surface area contributed by atoms with Gasteiger partial charge < -0.3 is 10.1 Å². The molecule has 0 atom stereocenters. The summed E-state index contributed by atoms with van der Waals surface area (Å²) in [5.74, 6) is 2.64. The molecule has 0 unspecified atom stereocenters. The van der Waals surface area contributed by atoms with Crippen molar-refractivity contribution in [1.82, 2.24) is 0 Å². The normalized spacial score (nSPS) is 13.0. The number of fused-ring (bicyclic) bond motifs is 1. The predicted molar refractivity (Wildman–Crippen MR) is 86.8 cm³/mol. The predicted octanol–water partition coefficient (Wildman–Crippen LogP) is 2.80. The van der Waals surface area contributed by atoms with E-state index in [-0.39, 0.29) is 24.9 Å². The van der Waals surface area contributed by atoms with E-state index in [1.54, 1.807) is 30.3 Å². The third kappa shape index (κ3) is 3.11. The Morgan fingerprint density at radius 3 is 2.91 bits per heavy atom. The van der Waals surface area contributed by atoms with E-state index < -0.39 is 0 Å². The number of nitrogens with zero attached hydrogens (tertiary/aromatic N) is 1. The Hall–Kier alpha value is -3.00. The highest BCUT2D eigenvalue weighted by Crippen LogP contribution is 2.34. The van der Waals surface area contributed by atoms with Crippen LogP contribution in [0.2, 0.25) is 0 Å². The summed E-state index contributed by atoms with van der Waals surface area (Å²) >= 11 is 0. The fourth-order valence-corrected chi connectivity index (χ4v) is 2.42. The fourth-order valence-electron chi connectivity index (χ4n) is 2.42. The van der Waals surface area contributed by atoms with E-state index in [2.05, 4.69) is 11.2 Å². The smallest absolute Gasteiger partial charge is 0.265 e. The van der Waals surface area contributed by atoms with Crippen molar-refractivity contribution in [3.8, 4) is 18.1 Å². The lowest BCUT2D eigenvalue weighted by molar-refractivity contribution is -0.121. The van der Waals surface area contributed by atoms with Crippen LogP contribution in [0, 0.1) is 18.2 Å². The molecule has 2 aromatic carbocycles. The van der Waals surface area contributed by atoms with Crippen molar-refractivity contribution in [2.45, 2.75) is 6.54 Å². The molecule has 116 valence electrons. The Morgan fingerprint density at radius 1 is 1.30 bits per heavy atom. The quantitative estimate of drug-likeness (QED) is 0.883. The minimum absolute atomic E-state index is 0.0363. The maximum Gasteiger partial charge on any atom is 0.265 e. The second-order valence-corrected chi connectivity index (χ2v) is 5.10. The summed E-state index contributed by atoms with van der Waals surface area (Å²) in [5.41, 5.74) is 2.01. The lowest BCUT2D eigenvalue weighted by Crippen LogP contribution is -2.38. The van der Waals surface area contributed by atoms with E-state index in [0.717, 1.165) is 5.69 Å². The molecule has 0 saturated heterocycles. The van der Waals surface area contributed by atoms with Gasteiger partial charge in [0.1, 0.15) is 11.6 Å². The molecule has 1 aliphatic rings. The van der Waals surface area contributed by atoms with Crippen LogP contribution in [0.5, 0.6) is 5.75 Å². The molecule has 3 rings (SSSR count). The number of amides is 1. The highest BCUT2D eigenvalue weighted by Gasteiger charge is 2.24. The third-order valence-electron chi connectivity index (χ3n) is 3.59. The van der Waals surface area contributed by atoms with Crippen molar-refractivity contribution in [3.05, 3.63) is 53.8 Å². The van der Waals surface area contributed by atoms with Crippen molar-refractivity contribution < 1.29 is 13.9 Å². The number of nitrogens with one attached hydrogen (secondary N) is 1. The number of carbonyl (C=O) groups is 1. The molecular formula is C18H15FN2O2. The number of carbonyl (C=O) groups excluding carboxylic acids is 1. The van der Waals surface area contributed by atoms with Gasteiger partial charge in [-0.25, -0.2) is 4.39 Å². The molecule has 0 spiro atoms. The van der Waals surface area contributed by atoms with E-state index in [0.29, 0.717) is 23.5 Å². The van der Waals surface area contributed by atoms with E-state index in [4.69, 9.17) is 11.2 Å². The Labute approximate surface area is 133 Å². The van der Waals surface area contributed by atoms with Crippen LogP contribution in [0.25, 0.3) is 0 Å².